The molecule has 0 unspecified atom stereocenters. The molecule has 0 aromatic heterocycles. The highest BCUT2D eigenvalue weighted by molar-refractivity contribution is 6.32. The Labute approximate surface area is 71.7 Å². The molecule has 1 aromatic carbocycles. The lowest BCUT2D eigenvalue weighted by Gasteiger charge is -1.90. The summed E-state index contributed by atoms with van der Waals surface area (Å²) < 4.78 is 1.47. The molecule has 0 heterocycles. The molecule has 0 aliphatic rings. The Morgan fingerprint density at radius 2 is 1.50 bits per heavy atom. The van der Waals surface area contributed by atoms with E-state index >= 15 is 0 Å². The van der Waals surface area contributed by atoms with Gasteiger partial charge in [0.15, 0.2) is 0 Å². The van der Waals surface area contributed by atoms with Gasteiger partial charge in [-0.2, -0.15) is 0 Å². The van der Waals surface area contributed by atoms with Crippen LogP contribution >= 0.6 is 0 Å². The van der Waals surface area contributed by atoms with Gasteiger partial charge in [0.05, 0.1) is 0 Å². The molecule has 0 saturated heterocycles. The zero-order valence-corrected chi connectivity index (χ0v) is 9.02. The van der Waals surface area contributed by atoms with Gasteiger partial charge in [0.1, 0.15) is 0 Å². The molecule has 10 heavy (non-hydrogen) atoms. The van der Waals surface area contributed by atoms with E-state index in [1.165, 1.54) is 26.3 Å². The molecular weight excluding hydrogens is 135 g/mol. The van der Waals surface area contributed by atoms with Crippen molar-refractivity contribution in [1.82, 2.24) is 0 Å². The highest BCUT2D eigenvalue weighted by atomic mass is 27.0. The Morgan fingerprint density at radius 3 is 1.80 bits per heavy atom. The summed E-state index contributed by atoms with van der Waals surface area (Å²) in [5.41, 5.74) is 1.35. The Morgan fingerprint density at radius 1 is 1.10 bits per heavy atom. The summed E-state index contributed by atoms with van der Waals surface area (Å²) in [5.74, 6) is 0. The molecule has 0 N–H and O–H groups in total. The first-order valence-electron chi connectivity index (χ1n) is 3.53. The van der Waals surface area contributed by atoms with Gasteiger partial charge in [-0.25, -0.2) is 0 Å². The predicted octanol–water partition coefficient (Wildman–Crippen LogP) is 1.09. The van der Waals surface area contributed by atoms with Crippen molar-refractivity contribution in [3.8, 4) is 0 Å². The van der Waals surface area contributed by atoms with Gasteiger partial charge in [-0.3, -0.25) is 0 Å². The number of rotatable bonds is 0. The summed E-state index contributed by atoms with van der Waals surface area (Å²) in [6.45, 7) is 7.11. The predicted molar refractivity (Wildman–Crippen MR) is 50.4 cm³/mol. The van der Waals surface area contributed by atoms with E-state index in [0.29, 0.717) is 0 Å². The first-order valence-corrected chi connectivity index (χ1v) is 4.53. The third-order valence-electron chi connectivity index (χ3n) is 1.22. The summed E-state index contributed by atoms with van der Waals surface area (Å²) >= 11 is 1.17. The molecule has 1 heteroatoms. The third kappa shape index (κ3) is 3.72. The van der Waals surface area contributed by atoms with E-state index in [2.05, 4.69) is 38.1 Å². The first kappa shape index (κ1) is 9.75. The van der Waals surface area contributed by atoms with Crippen molar-refractivity contribution in [2.45, 2.75) is 13.8 Å². The zero-order valence-electron chi connectivity index (χ0n) is 7.02. The van der Waals surface area contributed by atoms with E-state index in [4.69, 9.17) is 0 Å². The molecule has 1 rings (SSSR count). The van der Waals surface area contributed by atoms with Gasteiger partial charge in [-0.05, 0) is 6.92 Å². The van der Waals surface area contributed by atoms with Gasteiger partial charge in [0.25, 0.3) is 16.3 Å². The van der Waals surface area contributed by atoms with Gasteiger partial charge in [0.2, 0.25) is 0 Å². The van der Waals surface area contributed by atoms with Gasteiger partial charge in [-0.1, -0.05) is 43.7 Å². The average Bonchev–Trinajstić information content (AvgIpc) is 2.00. The zero-order chi connectivity index (χ0) is 7.98. The van der Waals surface area contributed by atoms with Crippen LogP contribution in [0, 0.1) is 13.8 Å². The summed E-state index contributed by atoms with van der Waals surface area (Å²) in [7, 11) is 0. The maximum Gasteiger partial charge on any atom is 0.258 e. The van der Waals surface area contributed by atoms with Crippen LogP contribution in [0.5, 0.6) is 0 Å². The molecule has 53 valence electrons. The van der Waals surface area contributed by atoms with Crippen molar-refractivity contribution in [2.24, 2.45) is 0 Å². The van der Waals surface area contributed by atoms with E-state index < -0.39 is 0 Å². The van der Waals surface area contributed by atoms with Crippen LogP contribution in [0.25, 0.3) is 0 Å². The van der Waals surface area contributed by atoms with Crippen LogP contribution in [0.1, 0.15) is 12.5 Å². The average molecular weight is 149 g/mol. The molecule has 0 nitrogen and oxygen atoms in total. The highest BCUT2D eigenvalue weighted by Crippen LogP contribution is 1.90. The number of hydrogen-bond acceptors (Lipinski definition) is 0. The van der Waals surface area contributed by atoms with E-state index in [1.807, 2.05) is 0 Å². The van der Waals surface area contributed by atoms with Gasteiger partial charge in [0, 0.05) is 0 Å². The maximum atomic E-state index is 3.25. The highest BCUT2D eigenvalue weighted by Gasteiger charge is 1.80. The molecule has 0 spiro atoms. The molecule has 0 fully saturated rings. The summed E-state index contributed by atoms with van der Waals surface area (Å²) in [6.07, 6.45) is 0. The SMILES string of the molecule is Cc1cc[c]([AlH2])cc1.[CH2]C. The minimum atomic E-state index is 1.17. The fourth-order valence-corrected chi connectivity index (χ4v) is 0.970. The molecule has 0 saturated carbocycles. The molecule has 1 radical (unpaired) electrons. The van der Waals surface area contributed by atoms with Crippen LogP contribution in [0.3, 0.4) is 0 Å². The van der Waals surface area contributed by atoms with Crippen molar-refractivity contribution in [3.63, 3.8) is 0 Å². The van der Waals surface area contributed by atoms with Gasteiger partial charge < -0.3 is 0 Å². The second-order valence-corrected chi connectivity index (χ2v) is 3.31. The molecule has 0 atom stereocenters. The van der Waals surface area contributed by atoms with Crippen LogP contribution in [0.4, 0.5) is 0 Å². The molecule has 0 aliphatic carbocycles. The van der Waals surface area contributed by atoms with E-state index in [-0.39, 0.29) is 0 Å². The van der Waals surface area contributed by atoms with Gasteiger partial charge >= 0.3 is 0 Å². The van der Waals surface area contributed by atoms with Crippen molar-refractivity contribution in [1.29, 1.82) is 0 Å². The second kappa shape index (κ2) is 5.53. The lowest BCUT2D eigenvalue weighted by atomic mass is 10.2. The maximum absolute atomic E-state index is 3.25. The second-order valence-electron chi connectivity index (χ2n) is 2.15. The normalized spacial score (nSPS) is 7.90. The number of benzene rings is 1. The van der Waals surface area contributed by atoms with Crippen LogP contribution < -0.4 is 4.43 Å². The Kier molecular flexibility index (Phi) is 5.39. The van der Waals surface area contributed by atoms with E-state index in [1.54, 1.807) is 6.92 Å². The molecule has 0 amide bonds. The minimum absolute atomic E-state index is 1.17. The summed E-state index contributed by atoms with van der Waals surface area (Å²) in [4.78, 5) is 0. The van der Waals surface area contributed by atoms with Crippen molar-refractivity contribution in [3.05, 3.63) is 36.8 Å². The fourth-order valence-electron chi connectivity index (χ4n) is 0.637. The van der Waals surface area contributed by atoms with Crippen LogP contribution in [-0.4, -0.2) is 16.3 Å². The number of hydrogen-bond donors (Lipinski definition) is 0. The minimum Gasteiger partial charge on any atom is -0.121 e. The molecule has 0 aliphatic heterocycles. The topological polar surface area (TPSA) is 0 Å². The molecule has 0 bridgehead atoms. The lowest BCUT2D eigenvalue weighted by molar-refractivity contribution is 1.49. The van der Waals surface area contributed by atoms with Crippen molar-refractivity contribution < 1.29 is 0 Å². The van der Waals surface area contributed by atoms with Crippen LogP contribution in [-0.2, 0) is 0 Å². The van der Waals surface area contributed by atoms with E-state index in [9.17, 15) is 0 Å². The molecule has 1 aromatic rings. The van der Waals surface area contributed by atoms with Crippen LogP contribution in [0.15, 0.2) is 24.3 Å². The quantitative estimate of drug-likeness (QED) is 0.484. The monoisotopic (exact) mass is 149 g/mol. The van der Waals surface area contributed by atoms with Crippen molar-refractivity contribution >= 4 is 20.7 Å². The largest absolute Gasteiger partial charge is 0.258 e. The Balaban J connectivity index is 0.000000371. The Bertz CT molecular complexity index is 144. The molecular formula is C9H14Al. The summed E-state index contributed by atoms with van der Waals surface area (Å²) in [5, 5.41) is 0. The van der Waals surface area contributed by atoms with Crippen molar-refractivity contribution in [2.75, 3.05) is 0 Å². The standard InChI is InChI=1S/C7H7.C2H5.Al.2H/c1-7-5-3-2-4-6-7;1-2;;;/h3-6H,1H3;1H2,2H3;;;. The van der Waals surface area contributed by atoms with Gasteiger partial charge in [-0.15, -0.1) is 4.43 Å². The summed E-state index contributed by atoms with van der Waals surface area (Å²) in [6, 6.07) is 8.67. The van der Waals surface area contributed by atoms with E-state index in [0.717, 1.165) is 0 Å². The third-order valence-corrected chi connectivity index (χ3v) is 1.88. The first-order chi connectivity index (χ1) is 4.79. The lowest BCUT2D eigenvalue weighted by Crippen LogP contribution is -1.98. The van der Waals surface area contributed by atoms with Crippen LogP contribution in [0.2, 0.25) is 0 Å². The number of aryl methyl sites for hydroxylation is 1. The smallest absolute Gasteiger partial charge is 0.121 e. The fraction of sp³-hybridized carbons (Fsp3) is 0.222. The Hall–Kier alpha value is -0.248.